The van der Waals surface area contributed by atoms with Crippen LogP contribution >= 0.6 is 0 Å². The lowest BCUT2D eigenvalue weighted by atomic mass is 10.1. The average Bonchev–Trinajstić information content (AvgIpc) is 3.14. The molecule has 0 atom stereocenters. The molecule has 0 unspecified atom stereocenters. The number of ether oxygens (including phenoxy) is 3. The molecule has 0 aliphatic rings. The number of hydrogen-bond donors (Lipinski definition) is 1. The summed E-state index contributed by atoms with van der Waals surface area (Å²) in [5, 5.41) is 3.02. The number of allylic oxidation sites excluding steroid dienone is 8. The van der Waals surface area contributed by atoms with E-state index in [2.05, 4.69) is 67.8 Å². The minimum absolute atomic E-state index is 0.0618. The smallest absolute Gasteiger partial charge is 0.305 e. The van der Waals surface area contributed by atoms with Gasteiger partial charge in [-0.15, -0.1) is 0 Å². The lowest BCUT2D eigenvalue weighted by molar-refractivity contribution is -0.153. The van der Waals surface area contributed by atoms with Crippen LogP contribution in [0, 0.1) is 5.92 Å². The van der Waals surface area contributed by atoms with Crippen LogP contribution in [0.1, 0.15) is 181 Å². The Hall–Kier alpha value is -2.67. The van der Waals surface area contributed by atoms with Crippen LogP contribution in [0.4, 0.5) is 0 Å². The third kappa shape index (κ3) is 38.6. The van der Waals surface area contributed by atoms with E-state index in [4.69, 9.17) is 14.2 Å². The molecule has 0 aromatic heterocycles. The fourth-order valence-corrected chi connectivity index (χ4v) is 5.56. The summed E-state index contributed by atoms with van der Waals surface area (Å²) in [4.78, 5) is 37.0. The normalized spacial score (nSPS) is 11.9. The molecule has 0 radical (unpaired) electrons. The zero-order valence-corrected chi connectivity index (χ0v) is 33.9. The van der Waals surface area contributed by atoms with Gasteiger partial charge in [0.25, 0.3) is 0 Å². The molecule has 0 fully saturated rings. The van der Waals surface area contributed by atoms with Gasteiger partial charge in [0.1, 0.15) is 19.8 Å². The molecule has 1 N–H and O–H groups in total. The maximum absolute atomic E-state index is 12.4. The maximum atomic E-state index is 12.4. The van der Waals surface area contributed by atoms with Crippen LogP contribution in [0.25, 0.3) is 0 Å². The van der Waals surface area contributed by atoms with Crippen molar-refractivity contribution in [3.05, 3.63) is 48.6 Å². The largest absolute Gasteiger partial charge is 0.465 e. The van der Waals surface area contributed by atoms with Crippen LogP contribution in [0.2, 0.25) is 0 Å². The van der Waals surface area contributed by atoms with Gasteiger partial charge in [-0.25, -0.2) is 0 Å². The third-order valence-corrected chi connectivity index (χ3v) is 8.91. The fourth-order valence-electron chi connectivity index (χ4n) is 5.56. The Morgan fingerprint density at radius 1 is 0.442 bits per heavy atom. The van der Waals surface area contributed by atoms with E-state index in [-0.39, 0.29) is 43.6 Å². The van der Waals surface area contributed by atoms with E-state index in [1.807, 2.05) is 7.05 Å². The van der Waals surface area contributed by atoms with E-state index >= 15 is 0 Å². The lowest BCUT2D eigenvalue weighted by Gasteiger charge is -2.17. The van der Waals surface area contributed by atoms with E-state index in [0.717, 1.165) is 83.6 Å². The van der Waals surface area contributed by atoms with Crippen molar-refractivity contribution in [2.75, 3.05) is 33.4 Å². The molecule has 0 amide bonds. The first kappa shape index (κ1) is 49.3. The molecule has 0 aromatic rings. The second kappa shape index (κ2) is 41.1. The minimum Gasteiger partial charge on any atom is -0.465 e. The van der Waals surface area contributed by atoms with Gasteiger partial charge < -0.3 is 19.5 Å². The van der Waals surface area contributed by atoms with Crippen molar-refractivity contribution in [2.24, 2.45) is 5.92 Å². The Labute approximate surface area is 319 Å². The highest BCUT2D eigenvalue weighted by atomic mass is 16.6. The van der Waals surface area contributed by atoms with Gasteiger partial charge in [0, 0.05) is 19.3 Å². The Bertz CT molecular complexity index is 878. The summed E-state index contributed by atoms with van der Waals surface area (Å²) in [5.74, 6) is -1.19. The zero-order chi connectivity index (χ0) is 38.0. The SMILES string of the molecule is CCCCC/C=C\C/C=C\CCCCCCCC(=O)OCC(COC(=O)CCCCCCC/C=C\C/C=C\CCCCC)COC(=O)CCCNC. The predicted molar refractivity (Wildman–Crippen MR) is 218 cm³/mol. The molecule has 0 aliphatic carbocycles. The number of esters is 3. The van der Waals surface area contributed by atoms with Crippen molar-refractivity contribution in [3.8, 4) is 0 Å². The highest BCUT2D eigenvalue weighted by Crippen LogP contribution is 2.12. The highest BCUT2D eigenvalue weighted by Gasteiger charge is 2.17. The van der Waals surface area contributed by atoms with Crippen molar-refractivity contribution in [3.63, 3.8) is 0 Å². The summed E-state index contributed by atoms with van der Waals surface area (Å²) in [6.45, 7) is 5.40. The lowest BCUT2D eigenvalue weighted by Crippen LogP contribution is -2.26. The summed E-state index contributed by atoms with van der Waals surface area (Å²) < 4.78 is 16.5. The first-order valence-electron chi connectivity index (χ1n) is 21.2. The van der Waals surface area contributed by atoms with Crippen molar-refractivity contribution in [1.82, 2.24) is 5.32 Å². The van der Waals surface area contributed by atoms with Crippen LogP contribution in [-0.4, -0.2) is 51.3 Å². The second-order valence-electron chi connectivity index (χ2n) is 14.1. The molecule has 0 spiro atoms. The molecule has 0 heterocycles. The molecule has 0 aliphatic heterocycles. The van der Waals surface area contributed by atoms with Gasteiger partial charge in [-0.1, -0.05) is 127 Å². The summed E-state index contributed by atoms with van der Waals surface area (Å²) in [6.07, 6.45) is 44.8. The van der Waals surface area contributed by atoms with Gasteiger partial charge in [0.2, 0.25) is 0 Å². The van der Waals surface area contributed by atoms with Gasteiger partial charge in [0.05, 0.1) is 5.92 Å². The Morgan fingerprint density at radius 2 is 0.769 bits per heavy atom. The molecular formula is C45H79NO6. The summed E-state index contributed by atoms with van der Waals surface area (Å²) in [7, 11) is 1.84. The van der Waals surface area contributed by atoms with E-state index in [0.29, 0.717) is 25.7 Å². The molecule has 7 nitrogen and oxygen atoms in total. The van der Waals surface area contributed by atoms with Crippen LogP contribution in [0.15, 0.2) is 48.6 Å². The van der Waals surface area contributed by atoms with Crippen molar-refractivity contribution < 1.29 is 28.6 Å². The van der Waals surface area contributed by atoms with Gasteiger partial charge in [-0.2, -0.15) is 0 Å². The number of nitrogens with one attached hydrogen (secondary N) is 1. The van der Waals surface area contributed by atoms with Gasteiger partial charge >= 0.3 is 17.9 Å². The molecule has 0 bridgehead atoms. The maximum Gasteiger partial charge on any atom is 0.305 e. The van der Waals surface area contributed by atoms with E-state index in [1.165, 1.54) is 64.2 Å². The van der Waals surface area contributed by atoms with Crippen molar-refractivity contribution in [2.45, 2.75) is 181 Å². The molecular weight excluding hydrogens is 650 g/mol. The number of hydrogen-bond acceptors (Lipinski definition) is 7. The van der Waals surface area contributed by atoms with Crippen molar-refractivity contribution >= 4 is 17.9 Å². The van der Waals surface area contributed by atoms with E-state index < -0.39 is 0 Å². The summed E-state index contributed by atoms with van der Waals surface area (Å²) >= 11 is 0. The fraction of sp³-hybridized carbons (Fsp3) is 0.756. The van der Waals surface area contributed by atoms with Crippen LogP contribution in [-0.2, 0) is 28.6 Å². The van der Waals surface area contributed by atoms with Crippen LogP contribution < -0.4 is 5.32 Å². The Morgan fingerprint density at radius 3 is 1.13 bits per heavy atom. The molecule has 0 rings (SSSR count). The number of rotatable bonds is 38. The second-order valence-corrected chi connectivity index (χ2v) is 14.1. The van der Waals surface area contributed by atoms with Gasteiger partial charge in [0.15, 0.2) is 0 Å². The van der Waals surface area contributed by atoms with Crippen molar-refractivity contribution in [1.29, 1.82) is 0 Å². The number of carbonyl (C=O) groups is 3. The standard InChI is InChI=1S/C45H79NO6/c1-4-6-8-10-12-14-16-18-20-22-24-26-28-30-32-35-43(47)50-39-42(41-52-45(49)37-34-38-46-3)40-51-44(48)36-33-31-29-27-25-23-21-19-17-15-13-11-9-7-5-2/h12-15,18-21,42,46H,4-11,16-17,22-41H2,1-3H3/b14-12-,15-13-,20-18-,21-19-. The van der Waals surface area contributed by atoms with Crippen LogP contribution in [0.5, 0.6) is 0 Å². The molecule has 300 valence electrons. The van der Waals surface area contributed by atoms with E-state index in [9.17, 15) is 14.4 Å². The van der Waals surface area contributed by atoms with Crippen LogP contribution in [0.3, 0.4) is 0 Å². The highest BCUT2D eigenvalue weighted by molar-refractivity contribution is 5.70. The summed E-state index contributed by atoms with van der Waals surface area (Å²) in [6, 6.07) is 0. The Kier molecular flexibility index (Phi) is 39.0. The third-order valence-electron chi connectivity index (χ3n) is 8.91. The number of carbonyl (C=O) groups excluding carboxylic acids is 3. The molecule has 7 heteroatoms. The van der Waals surface area contributed by atoms with Gasteiger partial charge in [-0.05, 0) is 97.1 Å². The zero-order valence-electron chi connectivity index (χ0n) is 33.9. The molecule has 0 saturated carbocycles. The molecule has 0 saturated heterocycles. The first-order chi connectivity index (χ1) is 25.5. The Balaban J connectivity index is 4.18. The minimum atomic E-state index is -0.379. The monoisotopic (exact) mass is 730 g/mol. The first-order valence-corrected chi connectivity index (χ1v) is 21.2. The number of unbranched alkanes of at least 4 members (excludes halogenated alkanes) is 16. The quantitative estimate of drug-likeness (QED) is 0.0293. The van der Waals surface area contributed by atoms with E-state index in [1.54, 1.807) is 0 Å². The molecule has 0 aromatic carbocycles. The summed E-state index contributed by atoms with van der Waals surface area (Å²) in [5.41, 5.74) is 0. The predicted octanol–water partition coefficient (Wildman–Crippen LogP) is 11.9. The van der Waals surface area contributed by atoms with Gasteiger partial charge in [-0.3, -0.25) is 14.4 Å². The average molecular weight is 730 g/mol. The molecule has 52 heavy (non-hydrogen) atoms. The topological polar surface area (TPSA) is 90.9 Å².